The van der Waals surface area contributed by atoms with Gasteiger partial charge in [-0.25, -0.2) is 0 Å². The van der Waals surface area contributed by atoms with E-state index in [9.17, 15) is 9.59 Å². The van der Waals surface area contributed by atoms with Gasteiger partial charge in [0.25, 0.3) is 0 Å². The van der Waals surface area contributed by atoms with E-state index in [1.54, 1.807) is 24.3 Å². The molecule has 0 aliphatic carbocycles. The van der Waals surface area contributed by atoms with Crippen LogP contribution in [0.15, 0.2) is 121 Å². The van der Waals surface area contributed by atoms with Gasteiger partial charge in [0.15, 0.2) is 11.6 Å². The molecule has 0 fully saturated rings. The summed E-state index contributed by atoms with van der Waals surface area (Å²) < 4.78 is 0. The van der Waals surface area contributed by atoms with Crippen molar-refractivity contribution in [3.8, 4) is 11.1 Å². The van der Waals surface area contributed by atoms with Gasteiger partial charge in [0.2, 0.25) is 0 Å². The lowest BCUT2D eigenvalue weighted by atomic mass is 9.83. The number of carbonyl (C=O) groups is 2. The van der Waals surface area contributed by atoms with Gasteiger partial charge in [-0.05, 0) is 22.4 Å². The highest BCUT2D eigenvalue weighted by Gasteiger charge is 2.25. The second kappa shape index (κ2) is 8.44. The normalized spacial score (nSPS) is 10.8. The van der Waals surface area contributed by atoms with E-state index in [4.69, 9.17) is 0 Å². The van der Waals surface area contributed by atoms with Gasteiger partial charge in [-0.2, -0.15) is 0 Å². The predicted octanol–water partition coefficient (Wildman–Crippen LogP) is 6.97. The number of hydrogen-bond acceptors (Lipinski definition) is 2. The molecule has 2 heteroatoms. The Morgan fingerprint density at radius 2 is 1.00 bits per heavy atom. The molecular formula is C30H20O2. The van der Waals surface area contributed by atoms with E-state index in [1.165, 1.54) is 0 Å². The summed E-state index contributed by atoms with van der Waals surface area (Å²) in [5, 5.41) is 1.87. The molecule has 5 rings (SSSR count). The number of ketones is 2. The smallest absolute Gasteiger partial charge is 0.194 e. The van der Waals surface area contributed by atoms with Crippen molar-refractivity contribution in [2.75, 3.05) is 0 Å². The standard InChI is InChI=1S/C30H20O2/c31-29(22-14-6-2-7-15-22)26-20-24-18-10-11-19-25(24)27(21-12-4-1-5-13-21)28(26)30(32)23-16-8-3-9-17-23/h1-20H. The molecule has 0 spiro atoms. The molecule has 0 atom stereocenters. The molecule has 0 amide bonds. The van der Waals surface area contributed by atoms with E-state index >= 15 is 0 Å². The van der Waals surface area contributed by atoms with Crippen molar-refractivity contribution in [2.24, 2.45) is 0 Å². The summed E-state index contributed by atoms with van der Waals surface area (Å²) in [5.74, 6) is -0.317. The Morgan fingerprint density at radius 1 is 0.500 bits per heavy atom. The third-order valence-electron chi connectivity index (χ3n) is 5.66. The van der Waals surface area contributed by atoms with Gasteiger partial charge in [0.1, 0.15) is 0 Å². The molecule has 5 aromatic carbocycles. The second-order valence-corrected chi connectivity index (χ2v) is 7.65. The van der Waals surface area contributed by atoms with Crippen molar-refractivity contribution in [1.82, 2.24) is 0 Å². The molecule has 0 saturated carbocycles. The Morgan fingerprint density at radius 3 is 1.62 bits per heavy atom. The first kappa shape index (κ1) is 19.7. The number of carbonyl (C=O) groups excluding carboxylic acids is 2. The van der Waals surface area contributed by atoms with Crippen LogP contribution in [0.4, 0.5) is 0 Å². The third-order valence-corrected chi connectivity index (χ3v) is 5.66. The van der Waals surface area contributed by atoms with Crippen LogP contribution in [0.3, 0.4) is 0 Å². The van der Waals surface area contributed by atoms with Crippen LogP contribution < -0.4 is 0 Å². The Hall–Kier alpha value is -4.30. The van der Waals surface area contributed by atoms with Crippen molar-refractivity contribution in [2.45, 2.75) is 0 Å². The van der Waals surface area contributed by atoms with Crippen LogP contribution in [0.1, 0.15) is 31.8 Å². The van der Waals surface area contributed by atoms with Crippen molar-refractivity contribution >= 4 is 22.3 Å². The fourth-order valence-corrected chi connectivity index (χ4v) is 4.15. The van der Waals surface area contributed by atoms with Crippen LogP contribution in [0, 0.1) is 0 Å². The summed E-state index contributed by atoms with van der Waals surface area (Å²) >= 11 is 0. The lowest BCUT2D eigenvalue weighted by Gasteiger charge is -2.17. The van der Waals surface area contributed by atoms with E-state index in [-0.39, 0.29) is 11.6 Å². The first-order chi connectivity index (χ1) is 15.7. The van der Waals surface area contributed by atoms with Gasteiger partial charge in [-0.15, -0.1) is 0 Å². The van der Waals surface area contributed by atoms with Crippen molar-refractivity contribution < 1.29 is 9.59 Å². The SMILES string of the molecule is O=C(c1ccccc1)c1cc2ccccc2c(-c2ccccc2)c1C(=O)c1ccccc1. The molecule has 32 heavy (non-hydrogen) atoms. The van der Waals surface area contributed by atoms with Gasteiger partial charge in [0.05, 0.1) is 0 Å². The number of rotatable bonds is 5. The van der Waals surface area contributed by atoms with E-state index in [0.717, 1.165) is 21.9 Å². The van der Waals surface area contributed by atoms with Crippen LogP contribution in [0.25, 0.3) is 21.9 Å². The average Bonchev–Trinajstić information content (AvgIpc) is 2.88. The second-order valence-electron chi connectivity index (χ2n) is 7.65. The zero-order valence-corrected chi connectivity index (χ0v) is 17.4. The first-order valence-corrected chi connectivity index (χ1v) is 10.5. The number of benzene rings is 5. The quantitative estimate of drug-likeness (QED) is 0.292. The predicted molar refractivity (Wildman–Crippen MR) is 129 cm³/mol. The molecule has 0 heterocycles. The molecule has 0 N–H and O–H groups in total. The minimum atomic E-state index is -0.159. The molecule has 0 saturated heterocycles. The van der Waals surface area contributed by atoms with Gasteiger partial charge >= 0.3 is 0 Å². The highest BCUT2D eigenvalue weighted by Crippen LogP contribution is 2.37. The first-order valence-electron chi connectivity index (χ1n) is 10.5. The van der Waals surface area contributed by atoms with Crippen molar-refractivity contribution in [3.63, 3.8) is 0 Å². The molecular weight excluding hydrogens is 392 g/mol. The summed E-state index contributed by atoms with van der Waals surface area (Å²) in [5.41, 5.74) is 3.67. The zero-order chi connectivity index (χ0) is 21.9. The van der Waals surface area contributed by atoms with Gasteiger partial charge in [-0.3, -0.25) is 9.59 Å². The maximum absolute atomic E-state index is 13.9. The maximum Gasteiger partial charge on any atom is 0.194 e. The average molecular weight is 412 g/mol. The topological polar surface area (TPSA) is 34.1 Å². The molecule has 0 bridgehead atoms. The minimum Gasteiger partial charge on any atom is -0.289 e. The van der Waals surface area contributed by atoms with Crippen molar-refractivity contribution in [3.05, 3.63) is 144 Å². The van der Waals surface area contributed by atoms with Crippen LogP contribution in [-0.4, -0.2) is 11.6 Å². The zero-order valence-electron chi connectivity index (χ0n) is 17.4. The lowest BCUT2D eigenvalue weighted by molar-refractivity contribution is 0.100. The molecule has 0 aromatic heterocycles. The van der Waals surface area contributed by atoms with Gasteiger partial charge in [0, 0.05) is 27.8 Å². The largest absolute Gasteiger partial charge is 0.289 e. The molecule has 2 nitrogen and oxygen atoms in total. The van der Waals surface area contributed by atoms with E-state index in [1.807, 2.05) is 97.1 Å². The van der Waals surface area contributed by atoms with Crippen LogP contribution in [0.5, 0.6) is 0 Å². The minimum absolute atomic E-state index is 0.158. The Bertz CT molecular complexity index is 1420. The maximum atomic E-state index is 13.9. The van der Waals surface area contributed by atoms with Gasteiger partial charge < -0.3 is 0 Å². The summed E-state index contributed by atoms with van der Waals surface area (Å²) in [6, 6.07) is 37.9. The highest BCUT2D eigenvalue weighted by atomic mass is 16.1. The fraction of sp³-hybridized carbons (Fsp3) is 0. The van der Waals surface area contributed by atoms with Crippen LogP contribution >= 0.6 is 0 Å². The summed E-state index contributed by atoms with van der Waals surface area (Å²) in [7, 11) is 0. The summed E-state index contributed by atoms with van der Waals surface area (Å²) in [6.45, 7) is 0. The molecule has 0 unspecified atom stereocenters. The van der Waals surface area contributed by atoms with Gasteiger partial charge in [-0.1, -0.05) is 115 Å². The number of hydrogen-bond donors (Lipinski definition) is 0. The van der Waals surface area contributed by atoms with E-state index < -0.39 is 0 Å². The molecule has 152 valence electrons. The third kappa shape index (κ3) is 3.52. The highest BCUT2D eigenvalue weighted by molar-refractivity contribution is 6.25. The van der Waals surface area contributed by atoms with Crippen LogP contribution in [-0.2, 0) is 0 Å². The molecule has 0 aliphatic rings. The number of fused-ring (bicyclic) bond motifs is 1. The molecule has 5 aromatic rings. The van der Waals surface area contributed by atoms with Crippen molar-refractivity contribution in [1.29, 1.82) is 0 Å². The monoisotopic (exact) mass is 412 g/mol. The van der Waals surface area contributed by atoms with Crippen LogP contribution in [0.2, 0.25) is 0 Å². The molecule has 0 radical (unpaired) electrons. The summed E-state index contributed by atoms with van der Waals surface area (Å²) in [6.07, 6.45) is 0. The Balaban J connectivity index is 1.89. The van der Waals surface area contributed by atoms with E-state index in [0.29, 0.717) is 22.3 Å². The lowest BCUT2D eigenvalue weighted by Crippen LogP contribution is -2.13. The van der Waals surface area contributed by atoms with E-state index in [2.05, 4.69) is 0 Å². The molecule has 0 aliphatic heterocycles. The Kier molecular flexibility index (Phi) is 5.19. The Labute approximate surface area is 186 Å². The summed E-state index contributed by atoms with van der Waals surface area (Å²) in [4.78, 5) is 27.6. The fourth-order valence-electron chi connectivity index (χ4n) is 4.15.